The van der Waals surface area contributed by atoms with Gasteiger partial charge >= 0.3 is 4.87 Å². The second kappa shape index (κ2) is 10.9. The largest absolute Gasteiger partial charge is 0.364 e. The molecule has 0 spiro atoms. The Morgan fingerprint density at radius 3 is 2.71 bits per heavy atom. The average Bonchev–Trinajstić information content (AvgIpc) is 3.49. The number of fused-ring (bicyclic) bond motifs is 1. The molecule has 35 heavy (non-hydrogen) atoms. The Morgan fingerprint density at radius 1 is 1.20 bits per heavy atom. The third kappa shape index (κ3) is 5.33. The number of thiazole rings is 1. The standard InChI is InChI=1S/C24H27N5O5S/c1-15(17-6-7-19-20(11-17)35-24(31)28(19)14-32-3)18-9-10-29(27-18)21-8-5-16(12-26-21)13-34-23(33-4)22(30)25-2/h5-12,15,23H,13-14H2,1-4H3,(H,25,30). The molecule has 0 saturated carbocycles. The first-order chi connectivity index (χ1) is 16.9. The molecule has 2 atom stereocenters. The first-order valence-corrected chi connectivity index (χ1v) is 11.8. The van der Waals surface area contributed by atoms with Crippen LogP contribution in [0.15, 0.2) is 53.6 Å². The third-order valence-electron chi connectivity index (χ3n) is 5.62. The number of ether oxygens (including phenoxy) is 3. The predicted octanol–water partition coefficient (Wildman–Crippen LogP) is 2.63. The van der Waals surface area contributed by atoms with Crippen molar-refractivity contribution in [3.63, 3.8) is 0 Å². The van der Waals surface area contributed by atoms with Crippen LogP contribution in [0.2, 0.25) is 0 Å². The van der Waals surface area contributed by atoms with Crippen LogP contribution in [0.1, 0.15) is 29.7 Å². The Labute approximate surface area is 206 Å². The first kappa shape index (κ1) is 24.7. The maximum atomic E-state index is 12.2. The Kier molecular flexibility index (Phi) is 7.71. The summed E-state index contributed by atoms with van der Waals surface area (Å²) in [4.78, 5) is 28.3. The van der Waals surface area contributed by atoms with E-state index in [-0.39, 0.29) is 30.0 Å². The lowest BCUT2D eigenvalue weighted by molar-refractivity contribution is -0.167. The van der Waals surface area contributed by atoms with Crippen molar-refractivity contribution in [3.8, 4) is 5.82 Å². The van der Waals surface area contributed by atoms with Gasteiger partial charge in [0.15, 0.2) is 5.82 Å². The second-order valence-corrected chi connectivity index (χ2v) is 8.86. The van der Waals surface area contributed by atoms with E-state index in [1.54, 1.807) is 22.6 Å². The number of hydrogen-bond acceptors (Lipinski definition) is 8. The minimum absolute atomic E-state index is 0.0251. The second-order valence-electron chi connectivity index (χ2n) is 7.87. The van der Waals surface area contributed by atoms with Crippen LogP contribution in [0.3, 0.4) is 0 Å². The third-order valence-corrected chi connectivity index (χ3v) is 6.57. The zero-order valence-corrected chi connectivity index (χ0v) is 20.7. The highest BCUT2D eigenvalue weighted by Crippen LogP contribution is 2.28. The van der Waals surface area contributed by atoms with E-state index in [4.69, 9.17) is 19.3 Å². The Morgan fingerprint density at radius 2 is 2.03 bits per heavy atom. The van der Waals surface area contributed by atoms with Crippen molar-refractivity contribution in [3.05, 3.63) is 75.3 Å². The van der Waals surface area contributed by atoms with Crippen molar-refractivity contribution < 1.29 is 19.0 Å². The summed E-state index contributed by atoms with van der Waals surface area (Å²) >= 11 is 1.21. The zero-order valence-electron chi connectivity index (χ0n) is 19.9. The first-order valence-electron chi connectivity index (χ1n) is 10.9. The fourth-order valence-corrected chi connectivity index (χ4v) is 4.58. The molecular weight excluding hydrogens is 470 g/mol. The number of carbonyl (C=O) groups is 1. The van der Waals surface area contributed by atoms with E-state index >= 15 is 0 Å². The minimum atomic E-state index is -0.978. The SMILES string of the molecule is CNC(=O)C(OC)OCc1ccc(-n2ccc(C(C)c3ccc4c(c3)sc(=O)n4COC)n2)nc1. The maximum Gasteiger partial charge on any atom is 0.310 e. The van der Waals surface area contributed by atoms with Crippen LogP contribution in [-0.4, -0.2) is 52.8 Å². The molecule has 1 aromatic carbocycles. The van der Waals surface area contributed by atoms with E-state index in [1.807, 2.05) is 42.6 Å². The fraction of sp³-hybridized carbons (Fsp3) is 0.333. The molecule has 0 fully saturated rings. The van der Waals surface area contributed by atoms with Gasteiger partial charge in [-0.3, -0.25) is 14.2 Å². The molecule has 1 amide bonds. The van der Waals surface area contributed by atoms with Gasteiger partial charge in [-0.15, -0.1) is 0 Å². The monoisotopic (exact) mass is 497 g/mol. The van der Waals surface area contributed by atoms with Crippen LogP contribution < -0.4 is 10.2 Å². The normalized spacial score (nSPS) is 13.1. The van der Waals surface area contributed by atoms with E-state index in [2.05, 4.69) is 17.2 Å². The van der Waals surface area contributed by atoms with E-state index in [1.165, 1.54) is 25.5 Å². The number of aromatic nitrogens is 4. The Bertz CT molecular complexity index is 1360. The number of amides is 1. The van der Waals surface area contributed by atoms with Crippen LogP contribution in [0, 0.1) is 0 Å². The summed E-state index contributed by atoms with van der Waals surface area (Å²) in [6.07, 6.45) is 2.56. The number of nitrogens with zero attached hydrogens (tertiary/aromatic N) is 4. The van der Waals surface area contributed by atoms with Gasteiger partial charge in [0.2, 0.25) is 6.29 Å². The maximum absolute atomic E-state index is 12.2. The molecule has 0 bridgehead atoms. The van der Waals surface area contributed by atoms with Gasteiger partial charge in [-0.1, -0.05) is 30.4 Å². The van der Waals surface area contributed by atoms with Crippen molar-refractivity contribution in [1.82, 2.24) is 24.6 Å². The molecule has 0 saturated heterocycles. The van der Waals surface area contributed by atoms with E-state index in [9.17, 15) is 9.59 Å². The van der Waals surface area contributed by atoms with Crippen LogP contribution >= 0.6 is 11.3 Å². The zero-order chi connectivity index (χ0) is 24.9. The number of rotatable bonds is 10. The minimum Gasteiger partial charge on any atom is -0.364 e. The topological polar surface area (TPSA) is 110 Å². The molecule has 3 aromatic heterocycles. The summed E-state index contributed by atoms with van der Waals surface area (Å²) in [5.41, 5.74) is 3.62. The van der Waals surface area contributed by atoms with Gasteiger partial charge in [-0.05, 0) is 35.4 Å². The van der Waals surface area contributed by atoms with E-state index in [0.29, 0.717) is 5.82 Å². The molecule has 0 aliphatic carbocycles. The van der Waals surface area contributed by atoms with Crippen LogP contribution in [0.5, 0.6) is 0 Å². The van der Waals surface area contributed by atoms with Gasteiger partial charge in [0.05, 0.1) is 22.5 Å². The van der Waals surface area contributed by atoms with Crippen molar-refractivity contribution in [2.45, 2.75) is 32.5 Å². The van der Waals surface area contributed by atoms with E-state index in [0.717, 1.165) is 27.0 Å². The lowest BCUT2D eigenvalue weighted by Gasteiger charge is -2.14. The van der Waals surface area contributed by atoms with Gasteiger partial charge < -0.3 is 19.5 Å². The van der Waals surface area contributed by atoms with Crippen molar-refractivity contribution in [2.24, 2.45) is 0 Å². The quantitative estimate of drug-likeness (QED) is 0.336. The highest BCUT2D eigenvalue weighted by atomic mass is 32.1. The summed E-state index contributed by atoms with van der Waals surface area (Å²) in [6, 6.07) is 11.7. The highest BCUT2D eigenvalue weighted by Gasteiger charge is 2.17. The lowest BCUT2D eigenvalue weighted by atomic mass is 9.98. The van der Waals surface area contributed by atoms with Gasteiger partial charge in [0, 0.05) is 39.6 Å². The summed E-state index contributed by atoms with van der Waals surface area (Å²) in [5, 5.41) is 7.19. The van der Waals surface area contributed by atoms with Gasteiger partial charge in [-0.2, -0.15) is 5.10 Å². The molecule has 4 aromatic rings. The number of benzene rings is 1. The van der Waals surface area contributed by atoms with Gasteiger partial charge in [0.1, 0.15) is 6.73 Å². The average molecular weight is 498 g/mol. The van der Waals surface area contributed by atoms with Crippen molar-refractivity contribution >= 4 is 27.5 Å². The molecule has 1 N–H and O–H groups in total. The summed E-state index contributed by atoms with van der Waals surface area (Å²) < 4.78 is 19.9. The number of pyridine rings is 1. The summed E-state index contributed by atoms with van der Waals surface area (Å²) in [6.45, 7) is 2.49. The number of carbonyl (C=O) groups excluding carboxylic acids is 1. The molecule has 4 rings (SSSR count). The smallest absolute Gasteiger partial charge is 0.310 e. The number of nitrogens with one attached hydrogen (secondary N) is 1. The van der Waals surface area contributed by atoms with Crippen molar-refractivity contribution in [1.29, 1.82) is 0 Å². The molecule has 184 valence electrons. The lowest BCUT2D eigenvalue weighted by Crippen LogP contribution is -2.35. The van der Waals surface area contributed by atoms with E-state index < -0.39 is 6.29 Å². The molecule has 11 heteroatoms. The van der Waals surface area contributed by atoms with Crippen molar-refractivity contribution in [2.75, 3.05) is 21.3 Å². The molecular formula is C24H27N5O5S. The molecule has 10 nitrogen and oxygen atoms in total. The van der Waals surface area contributed by atoms with Crippen LogP contribution in [0.25, 0.3) is 16.0 Å². The molecule has 2 unspecified atom stereocenters. The fourth-order valence-electron chi connectivity index (χ4n) is 3.65. The molecule has 0 radical (unpaired) electrons. The number of hydrogen-bond donors (Lipinski definition) is 1. The molecule has 0 aliphatic rings. The highest BCUT2D eigenvalue weighted by molar-refractivity contribution is 7.16. The summed E-state index contributed by atoms with van der Waals surface area (Å²) in [7, 11) is 4.51. The molecule has 3 heterocycles. The number of likely N-dealkylation sites (N-methyl/N-ethyl adjacent to an activating group) is 1. The Hall–Kier alpha value is -3.38. The van der Waals surface area contributed by atoms with Crippen LogP contribution in [-0.2, 0) is 32.3 Å². The number of methoxy groups -OCH3 is 2. The molecule has 0 aliphatic heterocycles. The van der Waals surface area contributed by atoms with Gasteiger partial charge in [-0.25, -0.2) is 9.67 Å². The predicted molar refractivity (Wildman–Crippen MR) is 132 cm³/mol. The Balaban J connectivity index is 1.47. The van der Waals surface area contributed by atoms with Gasteiger partial charge in [0.25, 0.3) is 5.91 Å². The summed E-state index contributed by atoms with van der Waals surface area (Å²) in [5.74, 6) is 0.334. The van der Waals surface area contributed by atoms with Crippen LogP contribution in [0.4, 0.5) is 0 Å².